The summed E-state index contributed by atoms with van der Waals surface area (Å²) in [5, 5.41) is 11.0. The van der Waals surface area contributed by atoms with Gasteiger partial charge in [-0.2, -0.15) is 4.31 Å². The Morgan fingerprint density at radius 3 is 2.64 bits per heavy atom. The maximum atomic E-state index is 12.7. The standard InChI is InChI=1S/C14H16N2O5S/c1-2-11-9-15(8-7-12(11)10-17)22(20,21)14-6-4-3-5-13(14)16(18)19/h2-6,10,12H,7-9H2,1H3/b11-2-. The van der Waals surface area contributed by atoms with E-state index in [4.69, 9.17) is 0 Å². The van der Waals surface area contributed by atoms with Gasteiger partial charge in [-0.25, -0.2) is 8.42 Å². The van der Waals surface area contributed by atoms with E-state index < -0.39 is 20.6 Å². The van der Waals surface area contributed by atoms with Crippen molar-refractivity contribution in [3.63, 3.8) is 0 Å². The molecule has 1 unspecified atom stereocenters. The minimum Gasteiger partial charge on any atom is -0.303 e. The number of para-hydroxylation sites is 1. The van der Waals surface area contributed by atoms with Crippen molar-refractivity contribution in [1.29, 1.82) is 0 Å². The quantitative estimate of drug-likeness (QED) is 0.364. The Kier molecular flexibility index (Phi) is 4.72. The number of piperidine rings is 1. The van der Waals surface area contributed by atoms with E-state index in [0.717, 1.165) is 6.29 Å². The smallest absolute Gasteiger partial charge is 0.289 e. The van der Waals surface area contributed by atoms with E-state index in [0.29, 0.717) is 12.0 Å². The largest absolute Gasteiger partial charge is 0.303 e. The number of sulfonamides is 1. The number of benzene rings is 1. The molecule has 1 saturated heterocycles. The van der Waals surface area contributed by atoms with Crippen molar-refractivity contribution in [2.45, 2.75) is 18.2 Å². The molecule has 1 aromatic rings. The maximum absolute atomic E-state index is 12.7. The number of carbonyl (C=O) groups is 1. The van der Waals surface area contributed by atoms with Crippen LogP contribution in [-0.2, 0) is 14.8 Å². The molecule has 22 heavy (non-hydrogen) atoms. The van der Waals surface area contributed by atoms with Crippen molar-refractivity contribution < 1.29 is 18.1 Å². The van der Waals surface area contributed by atoms with Crippen LogP contribution < -0.4 is 0 Å². The first-order valence-corrected chi connectivity index (χ1v) is 8.19. The van der Waals surface area contributed by atoms with Gasteiger partial charge in [-0.15, -0.1) is 0 Å². The Labute approximate surface area is 128 Å². The van der Waals surface area contributed by atoms with E-state index >= 15 is 0 Å². The van der Waals surface area contributed by atoms with Crippen molar-refractivity contribution in [3.05, 3.63) is 46.0 Å². The highest BCUT2D eigenvalue weighted by atomic mass is 32.2. The van der Waals surface area contributed by atoms with E-state index in [9.17, 15) is 23.3 Å². The van der Waals surface area contributed by atoms with E-state index in [1.54, 1.807) is 13.0 Å². The number of rotatable bonds is 4. The van der Waals surface area contributed by atoms with Gasteiger partial charge in [-0.05, 0) is 25.0 Å². The predicted octanol–water partition coefficient (Wildman–Crippen LogP) is 1.75. The molecule has 1 atom stereocenters. The molecule has 8 heteroatoms. The summed E-state index contributed by atoms with van der Waals surface area (Å²) in [4.78, 5) is 21.0. The second-order valence-corrected chi connectivity index (χ2v) is 6.86. The Bertz CT molecular complexity index is 727. The molecule has 1 heterocycles. The lowest BCUT2D eigenvalue weighted by molar-refractivity contribution is -0.387. The van der Waals surface area contributed by atoms with Gasteiger partial charge < -0.3 is 4.79 Å². The van der Waals surface area contributed by atoms with Crippen LogP contribution in [0, 0.1) is 16.0 Å². The van der Waals surface area contributed by atoms with Crippen molar-refractivity contribution in [2.75, 3.05) is 13.1 Å². The van der Waals surface area contributed by atoms with Crippen LogP contribution in [0.25, 0.3) is 0 Å². The summed E-state index contributed by atoms with van der Waals surface area (Å²) in [5.41, 5.74) is 0.269. The molecule has 1 aromatic carbocycles. The van der Waals surface area contributed by atoms with E-state index in [-0.39, 0.29) is 23.9 Å². The Balaban J connectivity index is 2.40. The van der Waals surface area contributed by atoms with E-state index in [1.807, 2.05) is 0 Å². The third-order valence-corrected chi connectivity index (χ3v) is 5.63. The summed E-state index contributed by atoms with van der Waals surface area (Å²) in [6.07, 6.45) is 2.91. The molecule has 0 N–H and O–H groups in total. The fourth-order valence-electron chi connectivity index (χ4n) is 2.50. The Hall–Kier alpha value is -2.06. The van der Waals surface area contributed by atoms with Gasteiger partial charge in [-0.1, -0.05) is 18.2 Å². The van der Waals surface area contributed by atoms with Crippen LogP contribution in [0.15, 0.2) is 40.8 Å². The highest BCUT2D eigenvalue weighted by Crippen LogP contribution is 2.30. The summed E-state index contributed by atoms with van der Waals surface area (Å²) in [6, 6.07) is 5.28. The topological polar surface area (TPSA) is 97.6 Å². The first-order valence-electron chi connectivity index (χ1n) is 6.75. The number of allylic oxidation sites excluding steroid dienone is 1. The van der Waals surface area contributed by atoms with Gasteiger partial charge in [0.15, 0.2) is 4.90 Å². The number of carbonyl (C=O) groups excluding carboxylic acids is 1. The normalized spacial score (nSPS) is 21.7. The van der Waals surface area contributed by atoms with Gasteiger partial charge in [-0.3, -0.25) is 10.1 Å². The second kappa shape index (κ2) is 6.37. The number of hydrogen-bond donors (Lipinski definition) is 0. The zero-order chi connectivity index (χ0) is 16.3. The van der Waals surface area contributed by atoms with Gasteiger partial charge in [0.2, 0.25) is 10.0 Å². The highest BCUT2D eigenvalue weighted by molar-refractivity contribution is 7.89. The van der Waals surface area contributed by atoms with Gasteiger partial charge in [0.05, 0.1) is 4.92 Å². The van der Waals surface area contributed by atoms with E-state index in [1.165, 1.54) is 28.6 Å². The summed E-state index contributed by atoms with van der Waals surface area (Å²) in [5.74, 6) is -0.290. The van der Waals surface area contributed by atoms with Crippen LogP contribution in [0.4, 0.5) is 5.69 Å². The fourth-order valence-corrected chi connectivity index (χ4v) is 4.10. The molecule has 0 aromatic heterocycles. The molecule has 0 spiro atoms. The lowest BCUT2D eigenvalue weighted by Gasteiger charge is -2.31. The van der Waals surface area contributed by atoms with Crippen LogP contribution in [0.2, 0.25) is 0 Å². The number of aldehydes is 1. The Morgan fingerprint density at radius 2 is 2.05 bits per heavy atom. The summed E-state index contributed by atoms with van der Waals surface area (Å²) in [7, 11) is -3.98. The molecule has 1 fully saturated rings. The molecule has 0 saturated carbocycles. The first-order chi connectivity index (χ1) is 10.4. The molecular weight excluding hydrogens is 308 g/mol. The zero-order valence-corrected chi connectivity index (χ0v) is 12.8. The van der Waals surface area contributed by atoms with Crippen LogP contribution in [0.5, 0.6) is 0 Å². The van der Waals surface area contributed by atoms with Crippen molar-refractivity contribution >= 4 is 22.0 Å². The first kappa shape index (κ1) is 16.3. The van der Waals surface area contributed by atoms with Crippen molar-refractivity contribution in [1.82, 2.24) is 4.31 Å². The minimum absolute atomic E-state index is 0.0777. The van der Waals surface area contributed by atoms with Gasteiger partial charge >= 0.3 is 0 Å². The second-order valence-electron chi connectivity index (χ2n) is 4.96. The molecule has 0 aliphatic carbocycles. The molecule has 1 aliphatic rings. The monoisotopic (exact) mass is 324 g/mol. The fraction of sp³-hybridized carbons (Fsp3) is 0.357. The molecule has 1 aliphatic heterocycles. The van der Waals surface area contributed by atoms with Crippen LogP contribution in [0.1, 0.15) is 13.3 Å². The summed E-state index contributed by atoms with van der Waals surface area (Å²) >= 11 is 0. The summed E-state index contributed by atoms with van der Waals surface area (Å²) < 4.78 is 26.5. The third kappa shape index (κ3) is 2.93. The number of nitro benzene ring substituents is 1. The lowest BCUT2D eigenvalue weighted by Crippen LogP contribution is -2.40. The van der Waals surface area contributed by atoms with Gasteiger partial charge in [0.25, 0.3) is 5.69 Å². The number of nitrogens with zero attached hydrogens (tertiary/aromatic N) is 2. The van der Waals surface area contributed by atoms with Crippen molar-refractivity contribution in [3.8, 4) is 0 Å². The molecule has 0 radical (unpaired) electrons. The van der Waals surface area contributed by atoms with Crippen molar-refractivity contribution in [2.24, 2.45) is 5.92 Å². The molecule has 0 bridgehead atoms. The van der Waals surface area contributed by atoms with Crippen LogP contribution in [0.3, 0.4) is 0 Å². The molecule has 118 valence electrons. The predicted molar refractivity (Wildman–Crippen MR) is 79.8 cm³/mol. The summed E-state index contributed by atoms with van der Waals surface area (Å²) in [6.45, 7) is 1.98. The molecule has 7 nitrogen and oxygen atoms in total. The SMILES string of the molecule is C/C=C1/CN(S(=O)(=O)c2ccccc2[N+](=O)[O-])CCC1C=O. The molecular formula is C14H16N2O5S. The number of hydrogen-bond acceptors (Lipinski definition) is 5. The Morgan fingerprint density at radius 1 is 1.36 bits per heavy atom. The van der Waals surface area contributed by atoms with Gasteiger partial charge in [0.1, 0.15) is 6.29 Å². The third-order valence-electron chi connectivity index (χ3n) is 3.74. The van der Waals surface area contributed by atoms with Crippen LogP contribution in [-0.4, -0.2) is 37.0 Å². The average Bonchev–Trinajstić information content (AvgIpc) is 2.54. The lowest BCUT2D eigenvalue weighted by atomic mass is 9.94. The average molecular weight is 324 g/mol. The highest BCUT2D eigenvalue weighted by Gasteiger charge is 2.35. The molecule has 2 rings (SSSR count). The minimum atomic E-state index is -3.98. The zero-order valence-electron chi connectivity index (χ0n) is 12.0. The van der Waals surface area contributed by atoms with Crippen LogP contribution >= 0.6 is 0 Å². The maximum Gasteiger partial charge on any atom is 0.289 e. The number of nitro groups is 1. The van der Waals surface area contributed by atoms with Gasteiger partial charge in [0, 0.05) is 25.1 Å². The van der Waals surface area contributed by atoms with E-state index in [2.05, 4.69) is 0 Å². The molecule has 0 amide bonds.